The fraction of sp³-hybridized carbons (Fsp3) is 0.364. The SMILES string of the molecule is COc1ccccc1C1CNC(C(C2=CC=CCC2)C2=COC=CO2)C1. The van der Waals surface area contributed by atoms with Gasteiger partial charge in [0.05, 0.1) is 13.0 Å². The fourth-order valence-corrected chi connectivity index (χ4v) is 4.20. The zero-order valence-corrected chi connectivity index (χ0v) is 15.1. The third-order valence-electron chi connectivity index (χ3n) is 5.42. The number of ether oxygens (including phenoxy) is 3. The Morgan fingerprint density at radius 1 is 1.23 bits per heavy atom. The molecule has 2 aliphatic heterocycles. The molecule has 3 atom stereocenters. The Bertz CT molecular complexity index is 762. The van der Waals surface area contributed by atoms with Crippen LogP contribution in [0.15, 0.2) is 72.6 Å². The number of hydrogen-bond acceptors (Lipinski definition) is 4. The first kappa shape index (κ1) is 17.0. The van der Waals surface area contributed by atoms with Crippen molar-refractivity contribution in [1.82, 2.24) is 5.32 Å². The van der Waals surface area contributed by atoms with E-state index >= 15 is 0 Å². The number of hydrogen-bond donors (Lipinski definition) is 1. The standard InChI is InChI=1S/C22H25NO3/c1-24-20-10-6-5-9-18(20)17-13-19(23-14-17)22(16-7-3-2-4-8-16)21-15-25-11-12-26-21/h2-3,5-7,9-12,15,17,19,22-23H,4,8,13-14H2,1H3. The summed E-state index contributed by atoms with van der Waals surface area (Å²) < 4.78 is 16.8. The number of benzene rings is 1. The second-order valence-corrected chi connectivity index (χ2v) is 6.92. The van der Waals surface area contributed by atoms with Gasteiger partial charge in [-0.25, -0.2) is 0 Å². The zero-order chi connectivity index (χ0) is 17.8. The highest BCUT2D eigenvalue weighted by Crippen LogP contribution is 2.40. The van der Waals surface area contributed by atoms with E-state index in [1.54, 1.807) is 25.9 Å². The highest BCUT2D eigenvalue weighted by molar-refractivity contribution is 5.38. The first-order valence-corrected chi connectivity index (χ1v) is 9.26. The predicted molar refractivity (Wildman–Crippen MR) is 101 cm³/mol. The van der Waals surface area contributed by atoms with Gasteiger partial charge in [0.2, 0.25) is 0 Å². The van der Waals surface area contributed by atoms with E-state index in [-0.39, 0.29) is 5.92 Å². The first-order chi connectivity index (χ1) is 12.9. The van der Waals surface area contributed by atoms with Gasteiger partial charge in [0.15, 0.2) is 0 Å². The van der Waals surface area contributed by atoms with E-state index in [4.69, 9.17) is 14.2 Å². The maximum Gasteiger partial charge on any atom is 0.147 e. The van der Waals surface area contributed by atoms with Crippen LogP contribution in [0.1, 0.15) is 30.7 Å². The van der Waals surface area contributed by atoms with Crippen LogP contribution in [-0.4, -0.2) is 19.7 Å². The Balaban J connectivity index is 1.58. The molecule has 1 fully saturated rings. The van der Waals surface area contributed by atoms with Gasteiger partial charge in [-0.3, -0.25) is 0 Å². The van der Waals surface area contributed by atoms with Crippen LogP contribution in [0.5, 0.6) is 5.75 Å². The normalized spacial score (nSPS) is 25.7. The first-order valence-electron chi connectivity index (χ1n) is 9.26. The highest BCUT2D eigenvalue weighted by atomic mass is 16.5. The lowest BCUT2D eigenvalue weighted by molar-refractivity contribution is 0.212. The van der Waals surface area contributed by atoms with Gasteiger partial charge in [-0.15, -0.1) is 0 Å². The molecule has 0 saturated carbocycles. The minimum Gasteiger partial charge on any atom is -0.496 e. The maximum absolute atomic E-state index is 5.82. The molecule has 0 radical (unpaired) electrons. The Hall–Kier alpha value is -2.46. The summed E-state index contributed by atoms with van der Waals surface area (Å²) >= 11 is 0. The van der Waals surface area contributed by atoms with Crippen LogP contribution >= 0.6 is 0 Å². The summed E-state index contributed by atoms with van der Waals surface area (Å²) in [6.45, 7) is 0.939. The lowest BCUT2D eigenvalue weighted by Gasteiger charge is -2.29. The maximum atomic E-state index is 5.82. The van der Waals surface area contributed by atoms with Gasteiger partial charge >= 0.3 is 0 Å². The summed E-state index contributed by atoms with van der Waals surface area (Å²) in [5.74, 6) is 2.46. The molecule has 4 rings (SSSR count). The minimum absolute atomic E-state index is 0.185. The fourth-order valence-electron chi connectivity index (χ4n) is 4.20. The van der Waals surface area contributed by atoms with Crippen molar-refractivity contribution < 1.29 is 14.2 Å². The summed E-state index contributed by atoms with van der Waals surface area (Å²) in [4.78, 5) is 0. The average Bonchev–Trinajstić information content (AvgIpc) is 3.19. The van der Waals surface area contributed by atoms with Crippen molar-refractivity contribution in [3.05, 3.63) is 78.2 Å². The summed E-state index contributed by atoms with van der Waals surface area (Å²) in [6.07, 6.45) is 14.7. The van der Waals surface area contributed by atoms with Crippen LogP contribution in [0.25, 0.3) is 0 Å². The van der Waals surface area contributed by atoms with Crippen molar-refractivity contribution in [2.24, 2.45) is 5.92 Å². The largest absolute Gasteiger partial charge is 0.496 e. The van der Waals surface area contributed by atoms with Gasteiger partial charge in [-0.05, 0) is 30.9 Å². The van der Waals surface area contributed by atoms with Gasteiger partial charge in [0, 0.05) is 18.5 Å². The molecule has 1 aromatic rings. The molecule has 1 aliphatic carbocycles. The van der Waals surface area contributed by atoms with Crippen molar-refractivity contribution in [3.63, 3.8) is 0 Å². The predicted octanol–water partition coefficient (Wildman–Crippen LogP) is 4.39. The van der Waals surface area contributed by atoms with Crippen LogP contribution in [-0.2, 0) is 9.47 Å². The molecule has 4 heteroatoms. The average molecular weight is 351 g/mol. The lowest BCUT2D eigenvalue weighted by atomic mass is 9.82. The molecule has 3 aliphatic rings. The third-order valence-corrected chi connectivity index (χ3v) is 5.42. The molecule has 2 heterocycles. The van der Waals surface area contributed by atoms with Crippen LogP contribution in [0.4, 0.5) is 0 Å². The van der Waals surface area contributed by atoms with Crippen molar-refractivity contribution >= 4 is 0 Å². The van der Waals surface area contributed by atoms with E-state index in [1.165, 1.54) is 11.1 Å². The molecule has 1 aromatic carbocycles. The summed E-state index contributed by atoms with van der Waals surface area (Å²) in [6, 6.07) is 8.63. The Kier molecular flexibility index (Phi) is 5.12. The summed E-state index contributed by atoms with van der Waals surface area (Å²) in [5, 5.41) is 3.73. The van der Waals surface area contributed by atoms with Crippen LogP contribution in [0.3, 0.4) is 0 Å². The summed E-state index contributed by atoms with van der Waals surface area (Å²) in [7, 11) is 1.74. The molecule has 1 saturated heterocycles. The smallest absolute Gasteiger partial charge is 0.147 e. The molecule has 0 aromatic heterocycles. The molecule has 0 bridgehead atoms. The number of para-hydroxylation sites is 1. The molecule has 3 unspecified atom stereocenters. The van der Waals surface area contributed by atoms with Gasteiger partial charge < -0.3 is 19.5 Å². The number of nitrogens with one attached hydrogen (secondary N) is 1. The van der Waals surface area contributed by atoms with Gasteiger partial charge in [-0.1, -0.05) is 42.0 Å². The van der Waals surface area contributed by atoms with Gasteiger partial charge in [0.1, 0.15) is 30.3 Å². The van der Waals surface area contributed by atoms with Crippen molar-refractivity contribution in [1.29, 1.82) is 0 Å². The minimum atomic E-state index is 0.185. The second kappa shape index (κ2) is 7.83. The third kappa shape index (κ3) is 3.42. The molecular formula is C22H25NO3. The molecule has 1 N–H and O–H groups in total. The number of methoxy groups -OCH3 is 1. The quantitative estimate of drug-likeness (QED) is 0.854. The van der Waals surface area contributed by atoms with Gasteiger partial charge in [0.25, 0.3) is 0 Å². The molecule has 0 spiro atoms. The lowest BCUT2D eigenvalue weighted by Crippen LogP contribution is -2.34. The van der Waals surface area contributed by atoms with Crippen molar-refractivity contribution in [3.8, 4) is 5.75 Å². The Labute approximate surface area is 154 Å². The van der Waals surface area contributed by atoms with E-state index in [2.05, 4.69) is 35.7 Å². The highest BCUT2D eigenvalue weighted by Gasteiger charge is 2.37. The molecule has 26 heavy (non-hydrogen) atoms. The molecule has 0 amide bonds. The van der Waals surface area contributed by atoms with E-state index < -0.39 is 0 Å². The van der Waals surface area contributed by atoms with Crippen molar-refractivity contribution in [2.45, 2.75) is 31.2 Å². The molecule has 136 valence electrons. The molecular weight excluding hydrogens is 326 g/mol. The number of allylic oxidation sites excluding steroid dienone is 3. The number of rotatable bonds is 5. The monoisotopic (exact) mass is 351 g/mol. The van der Waals surface area contributed by atoms with Crippen LogP contribution in [0, 0.1) is 5.92 Å². The van der Waals surface area contributed by atoms with E-state index in [1.807, 2.05) is 12.1 Å². The van der Waals surface area contributed by atoms with E-state index in [9.17, 15) is 0 Å². The van der Waals surface area contributed by atoms with Gasteiger partial charge in [-0.2, -0.15) is 0 Å². The second-order valence-electron chi connectivity index (χ2n) is 6.92. The van der Waals surface area contributed by atoms with E-state index in [0.29, 0.717) is 12.0 Å². The Morgan fingerprint density at radius 3 is 2.92 bits per heavy atom. The zero-order valence-electron chi connectivity index (χ0n) is 15.1. The topological polar surface area (TPSA) is 39.7 Å². The molecule has 4 nitrogen and oxygen atoms in total. The Morgan fingerprint density at radius 2 is 2.15 bits per heavy atom. The van der Waals surface area contributed by atoms with Crippen molar-refractivity contribution in [2.75, 3.05) is 13.7 Å². The van der Waals surface area contributed by atoms with Crippen LogP contribution in [0.2, 0.25) is 0 Å². The summed E-state index contributed by atoms with van der Waals surface area (Å²) in [5.41, 5.74) is 2.67. The van der Waals surface area contributed by atoms with E-state index in [0.717, 1.165) is 37.3 Å². The van der Waals surface area contributed by atoms with Crippen LogP contribution < -0.4 is 10.1 Å².